The maximum Gasteiger partial charge on any atom is 0.257 e. The SMILES string of the molecule is CCc1c(C)nc2n(c1=O)C(CC(=O)N1CCN(C)CC1)CS2. The lowest BCUT2D eigenvalue weighted by Crippen LogP contribution is -2.47. The second-order valence-corrected chi connectivity index (χ2v) is 7.33. The molecule has 0 saturated carbocycles. The number of hydrogen-bond acceptors (Lipinski definition) is 5. The summed E-state index contributed by atoms with van der Waals surface area (Å²) in [5.74, 6) is 0.913. The van der Waals surface area contributed by atoms with Crippen LogP contribution in [-0.2, 0) is 11.2 Å². The van der Waals surface area contributed by atoms with E-state index < -0.39 is 0 Å². The number of piperazine rings is 1. The lowest BCUT2D eigenvalue weighted by Gasteiger charge is -2.33. The van der Waals surface area contributed by atoms with Crippen LogP contribution in [0.15, 0.2) is 9.95 Å². The number of amides is 1. The standard InChI is InChI=1S/C16H24N4O2S/c1-4-13-11(2)17-16-20(15(13)22)12(10-23-16)9-14(21)19-7-5-18(3)6-8-19/h12H,4-10H2,1-3H3. The predicted molar refractivity (Wildman–Crippen MR) is 91.1 cm³/mol. The molecule has 3 heterocycles. The van der Waals surface area contributed by atoms with Crippen molar-refractivity contribution in [3.8, 4) is 0 Å². The molecule has 1 saturated heterocycles. The summed E-state index contributed by atoms with van der Waals surface area (Å²) in [5.41, 5.74) is 1.63. The Bertz CT molecular complexity index is 665. The Kier molecular flexibility index (Phi) is 4.77. The smallest absolute Gasteiger partial charge is 0.257 e. The summed E-state index contributed by atoms with van der Waals surface area (Å²) in [4.78, 5) is 34.0. The van der Waals surface area contributed by atoms with Crippen molar-refractivity contribution < 1.29 is 4.79 Å². The predicted octanol–water partition coefficient (Wildman–Crippen LogP) is 0.925. The van der Waals surface area contributed by atoms with Crippen LogP contribution in [-0.4, -0.2) is 64.2 Å². The molecule has 2 aliphatic heterocycles. The van der Waals surface area contributed by atoms with Crippen LogP contribution < -0.4 is 5.56 Å². The van der Waals surface area contributed by atoms with Crippen LogP contribution >= 0.6 is 11.8 Å². The zero-order valence-corrected chi connectivity index (χ0v) is 14.9. The van der Waals surface area contributed by atoms with Gasteiger partial charge in [-0.2, -0.15) is 0 Å². The fourth-order valence-electron chi connectivity index (χ4n) is 3.26. The van der Waals surface area contributed by atoms with Gasteiger partial charge in [0.2, 0.25) is 5.91 Å². The van der Waals surface area contributed by atoms with Gasteiger partial charge in [-0.15, -0.1) is 0 Å². The molecule has 0 aliphatic carbocycles. The topological polar surface area (TPSA) is 58.4 Å². The van der Waals surface area contributed by atoms with E-state index in [1.54, 1.807) is 16.3 Å². The van der Waals surface area contributed by atoms with Gasteiger partial charge in [0.1, 0.15) is 0 Å². The van der Waals surface area contributed by atoms with Gasteiger partial charge >= 0.3 is 0 Å². The molecule has 3 rings (SSSR count). The molecular formula is C16H24N4O2S. The molecular weight excluding hydrogens is 312 g/mol. The van der Waals surface area contributed by atoms with Gasteiger partial charge in [0, 0.05) is 49.6 Å². The van der Waals surface area contributed by atoms with Gasteiger partial charge < -0.3 is 9.80 Å². The lowest BCUT2D eigenvalue weighted by atomic mass is 10.1. The first kappa shape index (κ1) is 16.5. The number of thioether (sulfide) groups is 1. The molecule has 1 atom stereocenters. The Hall–Kier alpha value is -1.34. The number of nitrogens with zero attached hydrogens (tertiary/aromatic N) is 4. The maximum absolute atomic E-state index is 12.7. The first-order valence-corrected chi connectivity index (χ1v) is 9.21. The van der Waals surface area contributed by atoms with Gasteiger partial charge in [-0.05, 0) is 20.4 Å². The first-order valence-electron chi connectivity index (χ1n) is 8.22. The van der Waals surface area contributed by atoms with E-state index in [-0.39, 0.29) is 17.5 Å². The molecule has 7 heteroatoms. The second-order valence-electron chi connectivity index (χ2n) is 6.34. The van der Waals surface area contributed by atoms with Crippen LogP contribution in [0, 0.1) is 6.92 Å². The van der Waals surface area contributed by atoms with Crippen LogP contribution in [0.25, 0.3) is 0 Å². The number of fused-ring (bicyclic) bond motifs is 1. The number of rotatable bonds is 3. The highest BCUT2D eigenvalue weighted by molar-refractivity contribution is 7.99. The number of carbonyl (C=O) groups excluding carboxylic acids is 1. The Labute approximate surface area is 140 Å². The molecule has 1 fully saturated rings. The lowest BCUT2D eigenvalue weighted by molar-refractivity contribution is -0.133. The Morgan fingerprint density at radius 1 is 1.30 bits per heavy atom. The molecule has 0 radical (unpaired) electrons. The highest BCUT2D eigenvalue weighted by atomic mass is 32.2. The van der Waals surface area contributed by atoms with E-state index in [1.807, 2.05) is 18.7 Å². The highest BCUT2D eigenvalue weighted by Crippen LogP contribution is 2.33. The zero-order valence-electron chi connectivity index (χ0n) is 14.0. The van der Waals surface area contributed by atoms with E-state index >= 15 is 0 Å². The van der Waals surface area contributed by atoms with E-state index in [1.165, 1.54) is 0 Å². The summed E-state index contributed by atoms with van der Waals surface area (Å²) in [7, 11) is 2.07. The quantitative estimate of drug-likeness (QED) is 0.769. The highest BCUT2D eigenvalue weighted by Gasteiger charge is 2.30. The van der Waals surface area contributed by atoms with E-state index in [0.717, 1.165) is 48.3 Å². The van der Waals surface area contributed by atoms with Crippen molar-refractivity contribution in [2.24, 2.45) is 0 Å². The van der Waals surface area contributed by atoms with Gasteiger partial charge in [-0.25, -0.2) is 4.98 Å². The van der Waals surface area contributed by atoms with Crippen LogP contribution in [0.1, 0.15) is 30.6 Å². The average molecular weight is 336 g/mol. The molecule has 1 aromatic rings. The van der Waals surface area contributed by atoms with Crippen molar-refractivity contribution >= 4 is 17.7 Å². The Morgan fingerprint density at radius 2 is 2.00 bits per heavy atom. The van der Waals surface area contributed by atoms with Crippen LogP contribution in [0.2, 0.25) is 0 Å². The van der Waals surface area contributed by atoms with Crippen molar-refractivity contribution in [3.05, 3.63) is 21.6 Å². The number of aryl methyl sites for hydroxylation is 1. The minimum absolute atomic E-state index is 0.0381. The van der Waals surface area contributed by atoms with Crippen molar-refractivity contribution in [2.75, 3.05) is 39.0 Å². The summed E-state index contributed by atoms with van der Waals surface area (Å²) < 4.78 is 1.75. The number of aromatic nitrogens is 2. The van der Waals surface area contributed by atoms with Crippen molar-refractivity contribution in [2.45, 2.75) is 37.9 Å². The Morgan fingerprint density at radius 3 is 2.65 bits per heavy atom. The summed E-state index contributed by atoms with van der Waals surface area (Å²) in [6.07, 6.45) is 1.08. The normalized spacial score (nSPS) is 21.5. The van der Waals surface area contributed by atoms with Gasteiger partial charge in [0.05, 0.1) is 6.04 Å². The third-order valence-electron chi connectivity index (χ3n) is 4.77. The summed E-state index contributed by atoms with van der Waals surface area (Å²) in [5, 5.41) is 0.765. The molecule has 126 valence electrons. The van der Waals surface area contributed by atoms with Gasteiger partial charge in [0.15, 0.2) is 5.16 Å². The van der Waals surface area contributed by atoms with Gasteiger partial charge in [-0.1, -0.05) is 18.7 Å². The van der Waals surface area contributed by atoms with Crippen molar-refractivity contribution in [1.29, 1.82) is 0 Å². The minimum atomic E-state index is -0.0620. The number of carbonyl (C=O) groups is 1. The Balaban J connectivity index is 1.78. The van der Waals surface area contributed by atoms with E-state index in [4.69, 9.17) is 0 Å². The van der Waals surface area contributed by atoms with Crippen molar-refractivity contribution in [3.63, 3.8) is 0 Å². The van der Waals surface area contributed by atoms with Crippen molar-refractivity contribution in [1.82, 2.24) is 19.4 Å². The van der Waals surface area contributed by atoms with Crippen LogP contribution in [0.3, 0.4) is 0 Å². The average Bonchev–Trinajstić information content (AvgIpc) is 2.91. The molecule has 0 bridgehead atoms. The molecule has 0 aromatic carbocycles. The maximum atomic E-state index is 12.7. The molecule has 1 aromatic heterocycles. The van der Waals surface area contributed by atoms with Gasteiger partial charge in [0.25, 0.3) is 5.56 Å². The fraction of sp³-hybridized carbons (Fsp3) is 0.688. The molecule has 1 unspecified atom stereocenters. The number of hydrogen-bond donors (Lipinski definition) is 0. The van der Waals surface area contributed by atoms with E-state index in [9.17, 15) is 9.59 Å². The summed E-state index contributed by atoms with van der Waals surface area (Å²) in [6, 6.07) is -0.0620. The zero-order chi connectivity index (χ0) is 16.6. The monoisotopic (exact) mass is 336 g/mol. The third-order valence-corrected chi connectivity index (χ3v) is 5.87. The molecule has 0 N–H and O–H groups in total. The molecule has 6 nitrogen and oxygen atoms in total. The third kappa shape index (κ3) is 3.17. The second kappa shape index (κ2) is 6.65. The summed E-state index contributed by atoms with van der Waals surface area (Å²) in [6.45, 7) is 7.27. The molecule has 0 spiro atoms. The van der Waals surface area contributed by atoms with E-state index in [0.29, 0.717) is 12.8 Å². The first-order chi connectivity index (χ1) is 11.0. The minimum Gasteiger partial charge on any atom is -0.340 e. The molecule has 1 amide bonds. The largest absolute Gasteiger partial charge is 0.340 e. The number of likely N-dealkylation sites (N-methyl/N-ethyl adjacent to an activating group) is 1. The summed E-state index contributed by atoms with van der Waals surface area (Å²) >= 11 is 1.59. The van der Waals surface area contributed by atoms with Crippen LogP contribution in [0.5, 0.6) is 0 Å². The van der Waals surface area contributed by atoms with Gasteiger partial charge in [-0.3, -0.25) is 14.2 Å². The fourth-order valence-corrected chi connectivity index (χ4v) is 4.45. The molecule has 23 heavy (non-hydrogen) atoms. The van der Waals surface area contributed by atoms with Crippen LogP contribution in [0.4, 0.5) is 0 Å². The molecule has 2 aliphatic rings. The van der Waals surface area contributed by atoms with E-state index in [2.05, 4.69) is 16.9 Å².